The lowest BCUT2D eigenvalue weighted by Crippen LogP contribution is -2.32. The number of fused-ring (bicyclic) bond motifs is 5. The summed E-state index contributed by atoms with van der Waals surface area (Å²) in [5, 5.41) is 7.61. The van der Waals surface area contributed by atoms with Crippen LogP contribution >= 0.6 is 0 Å². The summed E-state index contributed by atoms with van der Waals surface area (Å²) in [4.78, 5) is 0. The molecule has 0 unspecified atom stereocenters. The van der Waals surface area contributed by atoms with Crippen LogP contribution in [0.15, 0.2) is 54.7 Å². The van der Waals surface area contributed by atoms with Crippen molar-refractivity contribution in [1.29, 1.82) is 0 Å². The van der Waals surface area contributed by atoms with E-state index in [0.717, 1.165) is 11.5 Å². The maximum atomic E-state index is 6.98. The van der Waals surface area contributed by atoms with Crippen LogP contribution in [0.3, 0.4) is 0 Å². The van der Waals surface area contributed by atoms with Crippen molar-refractivity contribution < 1.29 is 9.30 Å². The van der Waals surface area contributed by atoms with Crippen LogP contribution in [0.5, 0.6) is 11.5 Å². The van der Waals surface area contributed by atoms with Crippen molar-refractivity contribution in [2.45, 2.75) is 59.8 Å². The molecule has 0 spiro atoms. The first kappa shape index (κ1) is 22.1. The molecule has 6 rings (SSSR count). The molecule has 0 saturated carbocycles. The molecule has 0 bridgehead atoms. The number of hydrogen-bond acceptors (Lipinski definition) is 1. The van der Waals surface area contributed by atoms with Crippen molar-refractivity contribution in [3.63, 3.8) is 0 Å². The van der Waals surface area contributed by atoms with E-state index >= 15 is 0 Å². The van der Waals surface area contributed by atoms with Gasteiger partial charge in [-0.3, -0.25) is 0 Å². The molecule has 35 heavy (non-hydrogen) atoms. The Hall–Kier alpha value is -3.39. The molecule has 1 aliphatic rings. The molecule has 0 atom stereocenters. The molecule has 0 aliphatic carbocycles. The summed E-state index contributed by atoms with van der Waals surface area (Å²) in [6.45, 7) is 15.8. The monoisotopic (exact) mass is 460 g/mol. The van der Waals surface area contributed by atoms with Crippen molar-refractivity contribution in [1.82, 2.24) is 0 Å². The lowest BCUT2D eigenvalue weighted by atomic mass is 9.78. The second-order valence-corrected chi connectivity index (χ2v) is 11.7. The van der Waals surface area contributed by atoms with Gasteiger partial charge in [0.1, 0.15) is 18.5 Å². The van der Waals surface area contributed by atoms with Gasteiger partial charge in [-0.25, -0.2) is 4.57 Å². The van der Waals surface area contributed by atoms with Gasteiger partial charge in [0.05, 0.1) is 10.9 Å². The van der Waals surface area contributed by atoms with Gasteiger partial charge in [-0.15, -0.1) is 0 Å². The van der Waals surface area contributed by atoms with Gasteiger partial charge < -0.3 is 4.74 Å². The van der Waals surface area contributed by atoms with E-state index in [4.69, 9.17) is 4.74 Å². The normalized spacial score (nSPS) is 13.1. The smallest absolute Gasteiger partial charge is 0.228 e. The van der Waals surface area contributed by atoms with Crippen molar-refractivity contribution in [2.75, 3.05) is 0 Å². The first-order valence-electron chi connectivity index (χ1n) is 12.7. The van der Waals surface area contributed by atoms with Crippen LogP contribution in [0.2, 0.25) is 0 Å². The summed E-state index contributed by atoms with van der Waals surface area (Å²) in [6.07, 6.45) is 2.21. The van der Waals surface area contributed by atoms with Crippen molar-refractivity contribution >= 4 is 32.3 Å². The topological polar surface area (TPSA) is 13.1 Å². The predicted octanol–water partition coefficient (Wildman–Crippen LogP) is 8.78. The molecule has 0 radical (unpaired) electrons. The summed E-state index contributed by atoms with van der Waals surface area (Å²) in [5.74, 6) is 2.46. The van der Waals surface area contributed by atoms with Crippen LogP contribution in [0.1, 0.15) is 62.8 Å². The highest BCUT2D eigenvalue weighted by atomic mass is 16.5. The predicted molar refractivity (Wildman–Crippen MR) is 148 cm³/mol. The average molecular weight is 461 g/mol. The fourth-order valence-corrected chi connectivity index (χ4v) is 6.00. The molecule has 1 aromatic heterocycles. The molecule has 2 heterocycles. The molecule has 0 amide bonds. The molecule has 0 N–H and O–H groups in total. The van der Waals surface area contributed by atoms with Gasteiger partial charge in [0.2, 0.25) is 5.69 Å². The van der Waals surface area contributed by atoms with Gasteiger partial charge in [-0.2, -0.15) is 0 Å². The molecular weight excluding hydrogens is 426 g/mol. The molecule has 2 heteroatoms. The Labute approximate surface area is 208 Å². The minimum atomic E-state index is -0.0725. The first-order chi connectivity index (χ1) is 16.6. The lowest BCUT2D eigenvalue weighted by molar-refractivity contribution is -0.659. The summed E-state index contributed by atoms with van der Waals surface area (Å²) in [5.41, 5.74) is 7.62. The third-order valence-electron chi connectivity index (χ3n) is 7.77. The minimum Gasteiger partial charge on any atom is -0.455 e. The fraction of sp³-hybridized carbons (Fsp3) is 0.303. The molecule has 2 nitrogen and oxygen atoms in total. The SMILES string of the molecule is Cc1ccc2c(C(C)(C)C)c3c(c(C)c2c1)-c1c2c(cc4cc(C(C)C)ccc4c2cc[n+]1C)O3. The Bertz CT molecular complexity index is 1700. The van der Waals surface area contributed by atoms with Crippen LogP contribution in [0.4, 0.5) is 0 Å². The maximum absolute atomic E-state index is 6.98. The van der Waals surface area contributed by atoms with Crippen molar-refractivity contribution in [3.05, 3.63) is 77.0 Å². The summed E-state index contributed by atoms with van der Waals surface area (Å²) in [6, 6.07) is 18.3. The highest BCUT2D eigenvalue weighted by molar-refractivity contribution is 6.16. The summed E-state index contributed by atoms with van der Waals surface area (Å²) in [7, 11) is 2.16. The van der Waals surface area contributed by atoms with Gasteiger partial charge in [-0.1, -0.05) is 76.6 Å². The van der Waals surface area contributed by atoms with Gasteiger partial charge in [0, 0.05) is 17.0 Å². The zero-order valence-electron chi connectivity index (χ0n) is 22.1. The molecule has 0 saturated heterocycles. The highest BCUT2D eigenvalue weighted by Crippen LogP contribution is 2.54. The van der Waals surface area contributed by atoms with E-state index in [2.05, 4.69) is 115 Å². The Morgan fingerprint density at radius 1 is 0.829 bits per heavy atom. The third-order valence-corrected chi connectivity index (χ3v) is 7.77. The second-order valence-electron chi connectivity index (χ2n) is 11.7. The van der Waals surface area contributed by atoms with Crippen molar-refractivity contribution in [3.8, 4) is 22.8 Å². The van der Waals surface area contributed by atoms with E-state index in [-0.39, 0.29) is 5.41 Å². The molecule has 0 fully saturated rings. The third kappa shape index (κ3) is 3.12. The molecule has 4 aromatic carbocycles. The number of ether oxygens (including phenoxy) is 1. The number of aryl methyl sites for hydroxylation is 3. The maximum Gasteiger partial charge on any atom is 0.228 e. The van der Waals surface area contributed by atoms with E-state index in [0.29, 0.717) is 5.92 Å². The molecule has 176 valence electrons. The average Bonchev–Trinajstić information content (AvgIpc) is 2.79. The van der Waals surface area contributed by atoms with E-state index in [1.807, 2.05) is 0 Å². The minimum absolute atomic E-state index is 0.0725. The number of nitrogens with zero attached hydrogens (tertiary/aromatic N) is 1. The number of rotatable bonds is 1. The highest BCUT2D eigenvalue weighted by Gasteiger charge is 2.36. The fourth-order valence-electron chi connectivity index (χ4n) is 6.00. The zero-order valence-corrected chi connectivity index (χ0v) is 22.1. The molecule has 1 aliphatic heterocycles. The summed E-state index contributed by atoms with van der Waals surface area (Å²) >= 11 is 0. The van der Waals surface area contributed by atoms with Gasteiger partial charge >= 0.3 is 0 Å². The number of hydrogen-bond donors (Lipinski definition) is 0. The Balaban J connectivity index is 1.82. The molecular formula is C33H34NO+. The summed E-state index contributed by atoms with van der Waals surface area (Å²) < 4.78 is 9.26. The van der Waals surface area contributed by atoms with E-state index < -0.39 is 0 Å². The number of pyridine rings is 1. The number of aromatic nitrogens is 1. The van der Waals surface area contributed by atoms with Crippen molar-refractivity contribution in [2.24, 2.45) is 7.05 Å². The lowest BCUT2D eigenvalue weighted by Gasteiger charge is -2.30. The Kier molecular flexibility index (Phi) is 4.61. The quantitative estimate of drug-likeness (QED) is 0.176. The Morgan fingerprint density at radius 2 is 1.57 bits per heavy atom. The second kappa shape index (κ2) is 7.31. The van der Waals surface area contributed by atoms with Gasteiger partial charge in [-0.05, 0) is 63.9 Å². The molecule has 5 aromatic rings. The van der Waals surface area contributed by atoms with Crippen LogP contribution in [0.25, 0.3) is 43.6 Å². The van der Waals surface area contributed by atoms with Gasteiger partial charge in [0.15, 0.2) is 6.20 Å². The van der Waals surface area contributed by atoms with E-state index in [1.165, 1.54) is 65.8 Å². The Morgan fingerprint density at radius 3 is 2.29 bits per heavy atom. The van der Waals surface area contributed by atoms with E-state index in [1.54, 1.807) is 0 Å². The standard InChI is InChI=1S/C33H34NO/c1-18(2)21-10-12-23-22(16-21)17-27-29-24(23)13-14-34(8)31(29)28-20(4)26-15-19(3)9-11-25(26)30(32(28)35-27)33(5,6)7/h9-18H,1-8H3/q+1. The van der Waals surface area contributed by atoms with Crippen LogP contribution in [0, 0.1) is 13.8 Å². The largest absolute Gasteiger partial charge is 0.455 e. The number of benzene rings is 4. The van der Waals surface area contributed by atoms with Crippen LogP contribution in [-0.2, 0) is 12.5 Å². The first-order valence-corrected chi connectivity index (χ1v) is 12.7. The zero-order chi connectivity index (χ0) is 24.8. The van der Waals surface area contributed by atoms with Crippen LogP contribution < -0.4 is 9.30 Å². The van der Waals surface area contributed by atoms with E-state index in [9.17, 15) is 0 Å². The van der Waals surface area contributed by atoms with Crippen LogP contribution in [-0.4, -0.2) is 0 Å². The van der Waals surface area contributed by atoms with Gasteiger partial charge in [0.25, 0.3) is 0 Å².